The van der Waals surface area contributed by atoms with Gasteiger partial charge in [-0.1, -0.05) is 11.6 Å². The first-order valence-electron chi connectivity index (χ1n) is 6.37. The largest absolute Gasteiger partial charge is 0.494 e. The lowest BCUT2D eigenvalue weighted by Crippen LogP contribution is -2.04. The van der Waals surface area contributed by atoms with Crippen LogP contribution in [0, 0.1) is 5.82 Å². The number of benzene rings is 1. The molecule has 0 fully saturated rings. The van der Waals surface area contributed by atoms with E-state index in [4.69, 9.17) is 21.1 Å². The van der Waals surface area contributed by atoms with Crippen molar-refractivity contribution in [2.24, 2.45) is 0 Å². The Kier molecular flexibility index (Phi) is 7.26. The number of hydrogen-bond acceptors (Lipinski definition) is 3. The highest BCUT2D eigenvalue weighted by Gasteiger charge is 2.03. The first kappa shape index (κ1) is 15.8. The molecule has 1 rings (SSSR count). The maximum absolute atomic E-state index is 12.9. The molecule has 0 atom stereocenters. The summed E-state index contributed by atoms with van der Waals surface area (Å²) in [5, 5.41) is 0.0554. The van der Waals surface area contributed by atoms with Crippen LogP contribution in [0.1, 0.15) is 32.6 Å². The van der Waals surface area contributed by atoms with E-state index in [1.54, 1.807) is 13.0 Å². The Bertz CT molecular complexity index is 410. The Balaban J connectivity index is 2.10. The summed E-state index contributed by atoms with van der Waals surface area (Å²) in [7, 11) is 0. The first-order valence-corrected chi connectivity index (χ1v) is 6.74. The average Bonchev–Trinajstić information content (AvgIpc) is 2.38. The molecule has 106 valence electrons. The molecule has 0 aromatic heterocycles. The molecule has 0 heterocycles. The molecule has 1 aromatic rings. The van der Waals surface area contributed by atoms with Gasteiger partial charge in [0.1, 0.15) is 11.6 Å². The number of rotatable bonds is 8. The second-order valence-electron chi connectivity index (χ2n) is 4.04. The molecule has 0 radical (unpaired) electrons. The Hall–Kier alpha value is -1.29. The minimum absolute atomic E-state index is 0.0554. The molecule has 0 amide bonds. The summed E-state index contributed by atoms with van der Waals surface area (Å²) in [4.78, 5) is 11.1. The fourth-order valence-electron chi connectivity index (χ4n) is 1.54. The quantitative estimate of drug-likeness (QED) is 0.536. The van der Waals surface area contributed by atoms with Crippen molar-refractivity contribution in [3.05, 3.63) is 29.0 Å². The van der Waals surface area contributed by atoms with Crippen molar-refractivity contribution < 1.29 is 18.7 Å². The van der Waals surface area contributed by atoms with Crippen LogP contribution in [0.15, 0.2) is 18.2 Å². The summed E-state index contributed by atoms with van der Waals surface area (Å²) < 4.78 is 23.1. The summed E-state index contributed by atoms with van der Waals surface area (Å²) in [6, 6.07) is 4.27. The Morgan fingerprint density at radius 3 is 2.79 bits per heavy atom. The van der Waals surface area contributed by atoms with E-state index in [0.717, 1.165) is 19.3 Å². The van der Waals surface area contributed by atoms with Crippen LogP contribution in [0.25, 0.3) is 0 Å². The second kappa shape index (κ2) is 8.75. The lowest BCUT2D eigenvalue weighted by Gasteiger charge is -2.06. The van der Waals surface area contributed by atoms with Crippen LogP contribution < -0.4 is 4.74 Å². The molecule has 0 aliphatic heterocycles. The van der Waals surface area contributed by atoms with E-state index < -0.39 is 5.82 Å². The fourth-order valence-corrected chi connectivity index (χ4v) is 1.71. The Labute approximate surface area is 117 Å². The van der Waals surface area contributed by atoms with Gasteiger partial charge >= 0.3 is 5.97 Å². The van der Waals surface area contributed by atoms with Crippen LogP contribution >= 0.6 is 11.6 Å². The van der Waals surface area contributed by atoms with Gasteiger partial charge in [0.15, 0.2) is 0 Å². The summed E-state index contributed by atoms with van der Waals surface area (Å²) in [6.07, 6.45) is 2.94. The third-order valence-corrected chi connectivity index (χ3v) is 2.78. The minimum atomic E-state index is -0.455. The van der Waals surface area contributed by atoms with E-state index in [-0.39, 0.29) is 11.0 Å². The van der Waals surface area contributed by atoms with Crippen molar-refractivity contribution in [3.8, 4) is 5.75 Å². The van der Waals surface area contributed by atoms with Gasteiger partial charge in [-0.3, -0.25) is 4.79 Å². The summed E-state index contributed by atoms with van der Waals surface area (Å²) >= 11 is 5.63. The van der Waals surface area contributed by atoms with Gasteiger partial charge in [-0.15, -0.1) is 0 Å². The number of halogens is 2. The molecule has 1 aromatic carbocycles. The van der Waals surface area contributed by atoms with E-state index >= 15 is 0 Å². The molecule has 0 saturated carbocycles. The maximum atomic E-state index is 12.9. The predicted molar refractivity (Wildman–Crippen MR) is 72.0 cm³/mol. The van der Waals surface area contributed by atoms with Gasteiger partial charge in [0.05, 0.1) is 18.2 Å². The lowest BCUT2D eigenvalue weighted by atomic mass is 10.2. The van der Waals surface area contributed by atoms with Crippen molar-refractivity contribution in [1.29, 1.82) is 0 Å². The zero-order valence-corrected chi connectivity index (χ0v) is 11.7. The number of esters is 1. The second-order valence-corrected chi connectivity index (χ2v) is 4.45. The molecule has 5 heteroatoms. The van der Waals surface area contributed by atoms with Crippen molar-refractivity contribution in [2.45, 2.75) is 32.6 Å². The topological polar surface area (TPSA) is 35.5 Å². The molecule has 0 N–H and O–H groups in total. The summed E-state index contributed by atoms with van der Waals surface area (Å²) in [5.41, 5.74) is 0. The van der Waals surface area contributed by atoms with Gasteiger partial charge in [-0.2, -0.15) is 0 Å². The van der Waals surface area contributed by atoms with E-state index in [1.807, 2.05) is 0 Å². The molecule has 0 saturated heterocycles. The number of hydrogen-bond donors (Lipinski definition) is 0. The van der Waals surface area contributed by atoms with E-state index in [2.05, 4.69) is 0 Å². The molecule has 0 spiro atoms. The number of unbranched alkanes of at least 4 members (excludes halogenated alkanes) is 2. The van der Waals surface area contributed by atoms with Crippen LogP contribution in [0.4, 0.5) is 4.39 Å². The van der Waals surface area contributed by atoms with Crippen molar-refractivity contribution in [1.82, 2.24) is 0 Å². The maximum Gasteiger partial charge on any atom is 0.305 e. The number of carbonyl (C=O) groups is 1. The van der Waals surface area contributed by atoms with E-state index in [1.165, 1.54) is 12.1 Å². The normalized spacial score (nSPS) is 10.3. The molecule has 0 unspecified atom stereocenters. The number of carbonyl (C=O) groups excluding carboxylic acids is 1. The van der Waals surface area contributed by atoms with Gasteiger partial charge in [0.25, 0.3) is 0 Å². The highest BCUT2D eigenvalue weighted by molar-refractivity contribution is 6.30. The van der Waals surface area contributed by atoms with Crippen LogP contribution in [0.3, 0.4) is 0 Å². The highest BCUT2D eigenvalue weighted by atomic mass is 35.5. The van der Waals surface area contributed by atoms with Gasteiger partial charge < -0.3 is 9.47 Å². The van der Waals surface area contributed by atoms with Gasteiger partial charge in [0.2, 0.25) is 0 Å². The van der Waals surface area contributed by atoms with Gasteiger partial charge in [-0.05, 0) is 38.3 Å². The molecule has 0 aliphatic carbocycles. The van der Waals surface area contributed by atoms with Crippen LogP contribution in [0.5, 0.6) is 5.75 Å². The van der Waals surface area contributed by atoms with Crippen LogP contribution in [0.2, 0.25) is 5.02 Å². The van der Waals surface area contributed by atoms with Crippen molar-refractivity contribution in [2.75, 3.05) is 13.2 Å². The molecule has 0 aliphatic rings. The lowest BCUT2D eigenvalue weighted by molar-refractivity contribution is -0.143. The molecule has 0 bridgehead atoms. The van der Waals surface area contributed by atoms with Crippen LogP contribution in [-0.2, 0) is 9.53 Å². The smallest absolute Gasteiger partial charge is 0.305 e. The first-order chi connectivity index (χ1) is 9.13. The van der Waals surface area contributed by atoms with Gasteiger partial charge in [0, 0.05) is 12.5 Å². The molecule has 3 nitrogen and oxygen atoms in total. The zero-order chi connectivity index (χ0) is 14.1. The predicted octanol–water partition coefficient (Wildman–Crippen LogP) is 3.98. The van der Waals surface area contributed by atoms with Crippen molar-refractivity contribution >= 4 is 17.6 Å². The monoisotopic (exact) mass is 288 g/mol. The average molecular weight is 289 g/mol. The van der Waals surface area contributed by atoms with Crippen LogP contribution in [-0.4, -0.2) is 19.2 Å². The van der Waals surface area contributed by atoms with Gasteiger partial charge in [-0.25, -0.2) is 4.39 Å². The van der Waals surface area contributed by atoms with Crippen molar-refractivity contribution in [3.63, 3.8) is 0 Å². The fraction of sp³-hybridized carbons (Fsp3) is 0.500. The Morgan fingerprint density at radius 2 is 2.11 bits per heavy atom. The third kappa shape index (κ3) is 6.43. The minimum Gasteiger partial charge on any atom is -0.494 e. The van der Waals surface area contributed by atoms with E-state index in [0.29, 0.717) is 25.4 Å². The molecule has 19 heavy (non-hydrogen) atoms. The third-order valence-electron chi connectivity index (χ3n) is 2.49. The van der Waals surface area contributed by atoms with E-state index in [9.17, 15) is 9.18 Å². The highest BCUT2D eigenvalue weighted by Crippen LogP contribution is 2.21. The summed E-state index contributed by atoms with van der Waals surface area (Å²) in [5.74, 6) is -0.0611. The SMILES string of the molecule is CCOC(=O)CCCCCOc1ccc(F)c(Cl)c1. The zero-order valence-electron chi connectivity index (χ0n) is 11.0. The molecular formula is C14H18ClFO3. The standard InChI is InChI=1S/C14H18ClFO3/c1-2-18-14(17)6-4-3-5-9-19-11-7-8-13(16)12(15)10-11/h7-8,10H,2-6,9H2,1H3. The molecular weight excluding hydrogens is 271 g/mol. The Morgan fingerprint density at radius 1 is 1.32 bits per heavy atom. The summed E-state index contributed by atoms with van der Waals surface area (Å²) in [6.45, 7) is 2.73. The number of ether oxygens (including phenoxy) is 2.